The molecule has 0 aliphatic heterocycles. The Kier molecular flexibility index (Phi) is 2.01. The van der Waals surface area contributed by atoms with E-state index in [0.717, 1.165) is 0 Å². The van der Waals surface area contributed by atoms with Crippen molar-refractivity contribution < 1.29 is 8.78 Å². The molecule has 0 nitrogen and oxygen atoms in total. The molecule has 1 heterocycles. The third-order valence-corrected chi connectivity index (χ3v) is 2.18. The van der Waals surface area contributed by atoms with Crippen LogP contribution in [0, 0.1) is 10.3 Å². The van der Waals surface area contributed by atoms with E-state index in [-0.39, 0.29) is 5.41 Å². The fourth-order valence-electron chi connectivity index (χ4n) is 0.852. The van der Waals surface area contributed by atoms with Crippen LogP contribution in [0.1, 0.15) is 26.3 Å². The predicted molar refractivity (Wildman–Crippen MR) is 42.9 cm³/mol. The SMILES string of the molecule is CC(C)(C)c1cc(F)sc1F. The molecule has 0 spiro atoms. The summed E-state index contributed by atoms with van der Waals surface area (Å²) in [6.45, 7) is 5.58. The first kappa shape index (κ1) is 8.65. The molecule has 0 bridgehead atoms. The highest BCUT2D eigenvalue weighted by molar-refractivity contribution is 7.08. The van der Waals surface area contributed by atoms with Crippen molar-refractivity contribution in [3.63, 3.8) is 0 Å². The normalized spacial score (nSPS) is 12.1. The van der Waals surface area contributed by atoms with Crippen molar-refractivity contribution in [1.29, 1.82) is 0 Å². The second-order valence-electron chi connectivity index (χ2n) is 3.49. The lowest BCUT2D eigenvalue weighted by atomic mass is 9.89. The zero-order valence-corrected chi connectivity index (χ0v) is 7.56. The lowest BCUT2D eigenvalue weighted by Crippen LogP contribution is -2.11. The van der Waals surface area contributed by atoms with E-state index in [4.69, 9.17) is 0 Å². The first-order valence-corrected chi connectivity index (χ1v) is 4.18. The van der Waals surface area contributed by atoms with Crippen LogP contribution in [-0.2, 0) is 5.41 Å². The lowest BCUT2D eigenvalue weighted by molar-refractivity contribution is 0.537. The maximum atomic E-state index is 12.9. The molecule has 0 aromatic carbocycles. The maximum Gasteiger partial charge on any atom is 0.182 e. The summed E-state index contributed by atoms with van der Waals surface area (Å²) >= 11 is 0.563. The fraction of sp³-hybridized carbons (Fsp3) is 0.500. The molecule has 0 radical (unpaired) electrons. The van der Waals surface area contributed by atoms with Gasteiger partial charge in [0.1, 0.15) is 0 Å². The van der Waals surface area contributed by atoms with Gasteiger partial charge in [-0.2, -0.15) is 8.78 Å². The molecule has 0 aliphatic carbocycles. The molecule has 0 N–H and O–H groups in total. The molecule has 62 valence electrons. The summed E-state index contributed by atoms with van der Waals surface area (Å²) < 4.78 is 25.4. The smallest absolute Gasteiger partial charge is 0.182 e. The first-order chi connectivity index (χ1) is 4.91. The Balaban J connectivity index is 3.13. The van der Waals surface area contributed by atoms with Gasteiger partial charge in [0.25, 0.3) is 0 Å². The van der Waals surface area contributed by atoms with E-state index in [9.17, 15) is 8.78 Å². The quantitative estimate of drug-likeness (QED) is 0.568. The summed E-state index contributed by atoms with van der Waals surface area (Å²) in [5.41, 5.74) is 0.158. The van der Waals surface area contributed by atoms with E-state index >= 15 is 0 Å². The third-order valence-electron chi connectivity index (χ3n) is 1.46. The largest absolute Gasteiger partial charge is 0.195 e. The Labute approximate surface area is 68.9 Å². The maximum absolute atomic E-state index is 12.9. The molecule has 3 heteroatoms. The minimum absolute atomic E-state index is 0.301. The summed E-state index contributed by atoms with van der Waals surface area (Å²) in [6.07, 6.45) is 0. The summed E-state index contributed by atoms with van der Waals surface area (Å²) in [5, 5.41) is -0.859. The van der Waals surface area contributed by atoms with Crippen LogP contribution >= 0.6 is 11.3 Å². The third kappa shape index (κ3) is 1.77. The average Bonchev–Trinajstić information content (AvgIpc) is 2.08. The summed E-state index contributed by atoms with van der Waals surface area (Å²) in [6, 6.07) is 1.26. The Morgan fingerprint density at radius 3 is 2.00 bits per heavy atom. The molecular weight excluding hydrogens is 166 g/mol. The van der Waals surface area contributed by atoms with Gasteiger partial charge >= 0.3 is 0 Å². The summed E-state index contributed by atoms with van der Waals surface area (Å²) in [4.78, 5) is 0. The first-order valence-electron chi connectivity index (χ1n) is 3.36. The van der Waals surface area contributed by atoms with Crippen LogP contribution < -0.4 is 0 Å². The monoisotopic (exact) mass is 176 g/mol. The number of hydrogen-bond donors (Lipinski definition) is 0. The second-order valence-corrected chi connectivity index (χ2v) is 4.44. The Morgan fingerprint density at radius 1 is 1.27 bits per heavy atom. The highest BCUT2D eigenvalue weighted by atomic mass is 32.1. The van der Waals surface area contributed by atoms with E-state index in [1.54, 1.807) is 0 Å². The molecule has 1 rings (SSSR count). The van der Waals surface area contributed by atoms with Gasteiger partial charge in [-0.3, -0.25) is 0 Å². The van der Waals surface area contributed by atoms with Crippen molar-refractivity contribution in [3.8, 4) is 0 Å². The molecule has 1 aromatic heterocycles. The predicted octanol–water partition coefficient (Wildman–Crippen LogP) is 3.32. The van der Waals surface area contributed by atoms with Gasteiger partial charge in [0.2, 0.25) is 0 Å². The molecule has 0 atom stereocenters. The van der Waals surface area contributed by atoms with Crippen LogP contribution in [0.3, 0.4) is 0 Å². The highest BCUT2D eigenvalue weighted by Crippen LogP contribution is 2.30. The molecule has 0 saturated carbocycles. The standard InChI is InChI=1S/C8H10F2S/c1-8(2,3)5-4-6(9)11-7(5)10/h4H,1-3H3. The zero-order valence-electron chi connectivity index (χ0n) is 6.74. The fourth-order valence-corrected chi connectivity index (χ4v) is 1.67. The van der Waals surface area contributed by atoms with E-state index in [1.807, 2.05) is 20.8 Å². The number of halogens is 2. The lowest BCUT2D eigenvalue weighted by Gasteiger charge is -2.15. The van der Waals surface area contributed by atoms with Crippen LogP contribution in [-0.4, -0.2) is 0 Å². The van der Waals surface area contributed by atoms with Gasteiger partial charge < -0.3 is 0 Å². The molecular formula is C8H10F2S. The van der Waals surface area contributed by atoms with Crippen molar-refractivity contribution in [2.24, 2.45) is 0 Å². The van der Waals surface area contributed by atoms with E-state index in [2.05, 4.69) is 0 Å². The zero-order chi connectivity index (χ0) is 8.65. The van der Waals surface area contributed by atoms with Crippen molar-refractivity contribution in [2.75, 3.05) is 0 Å². The number of hydrogen-bond acceptors (Lipinski definition) is 1. The van der Waals surface area contributed by atoms with Crippen LogP contribution in [0.15, 0.2) is 6.07 Å². The number of rotatable bonds is 0. The molecule has 0 unspecified atom stereocenters. The molecule has 0 aliphatic rings. The van der Waals surface area contributed by atoms with Crippen molar-refractivity contribution in [1.82, 2.24) is 0 Å². The van der Waals surface area contributed by atoms with Gasteiger partial charge in [-0.05, 0) is 11.5 Å². The van der Waals surface area contributed by atoms with Gasteiger partial charge in [-0.1, -0.05) is 32.1 Å². The molecule has 0 fully saturated rings. The van der Waals surface area contributed by atoms with Crippen LogP contribution in [0.25, 0.3) is 0 Å². The van der Waals surface area contributed by atoms with E-state index in [1.165, 1.54) is 6.07 Å². The average molecular weight is 176 g/mol. The van der Waals surface area contributed by atoms with Crippen molar-refractivity contribution >= 4 is 11.3 Å². The van der Waals surface area contributed by atoms with Crippen LogP contribution in [0.4, 0.5) is 8.78 Å². The van der Waals surface area contributed by atoms with Gasteiger partial charge in [0.05, 0.1) is 0 Å². The van der Waals surface area contributed by atoms with Gasteiger partial charge in [-0.25, -0.2) is 0 Å². The van der Waals surface area contributed by atoms with E-state index in [0.29, 0.717) is 16.9 Å². The minimum atomic E-state index is -0.451. The summed E-state index contributed by atoms with van der Waals surface area (Å²) in [7, 11) is 0. The van der Waals surface area contributed by atoms with Gasteiger partial charge in [-0.15, -0.1) is 0 Å². The van der Waals surface area contributed by atoms with Gasteiger partial charge in [0, 0.05) is 5.56 Å². The van der Waals surface area contributed by atoms with E-state index < -0.39 is 10.3 Å². The van der Waals surface area contributed by atoms with Crippen molar-refractivity contribution in [3.05, 3.63) is 21.9 Å². The summed E-state index contributed by atoms with van der Waals surface area (Å²) in [5.74, 6) is 0. The van der Waals surface area contributed by atoms with Crippen molar-refractivity contribution in [2.45, 2.75) is 26.2 Å². The molecule has 0 amide bonds. The molecule has 1 aromatic rings. The topological polar surface area (TPSA) is 0 Å². The second kappa shape index (κ2) is 2.55. The Bertz CT molecular complexity index is 258. The number of thiophene rings is 1. The van der Waals surface area contributed by atoms with Crippen LogP contribution in [0.2, 0.25) is 0 Å². The molecule has 0 saturated heterocycles. The minimum Gasteiger partial charge on any atom is -0.195 e. The highest BCUT2D eigenvalue weighted by Gasteiger charge is 2.21. The Morgan fingerprint density at radius 2 is 1.82 bits per heavy atom. The molecule has 11 heavy (non-hydrogen) atoms. The Hall–Kier alpha value is -0.440. The van der Waals surface area contributed by atoms with Crippen LogP contribution in [0.5, 0.6) is 0 Å². The van der Waals surface area contributed by atoms with Gasteiger partial charge in [0.15, 0.2) is 10.3 Å².